The van der Waals surface area contributed by atoms with Gasteiger partial charge in [0.2, 0.25) is 0 Å². The Hall–Kier alpha value is -3.72. The Morgan fingerprint density at radius 2 is 1.81 bits per heavy atom. The van der Waals surface area contributed by atoms with E-state index in [0.29, 0.717) is 16.3 Å². The molecule has 0 spiro atoms. The fraction of sp³-hybridized carbons (Fsp3) is 0.182. The third-order valence-corrected chi connectivity index (χ3v) is 5.79. The summed E-state index contributed by atoms with van der Waals surface area (Å²) in [5.41, 5.74) is 1.07. The van der Waals surface area contributed by atoms with E-state index in [9.17, 15) is 19.7 Å². The molecule has 3 aromatic rings. The topological polar surface area (TPSA) is 102 Å². The van der Waals surface area contributed by atoms with E-state index >= 15 is 0 Å². The summed E-state index contributed by atoms with van der Waals surface area (Å²) in [6, 6.07) is 14.3. The number of nitrogens with zero attached hydrogens (tertiary/aromatic N) is 2. The van der Waals surface area contributed by atoms with E-state index in [1.54, 1.807) is 48.5 Å². The first-order valence-corrected chi connectivity index (χ1v) is 10.6. The van der Waals surface area contributed by atoms with Crippen molar-refractivity contribution < 1.29 is 19.2 Å². The lowest BCUT2D eigenvalue weighted by molar-refractivity contribution is -0.384. The molecule has 0 saturated carbocycles. The van der Waals surface area contributed by atoms with E-state index < -0.39 is 10.9 Å². The molecular formula is C22H19N3O5S. The SMILES string of the molecule is O=C(Oc1ccc(NC(=O)c2cccs2)cc1)c1ccc(N2CCCC2)c([N+](=O)[O-])c1. The number of hydrogen-bond donors (Lipinski definition) is 1. The molecule has 31 heavy (non-hydrogen) atoms. The van der Waals surface area contributed by atoms with Crippen LogP contribution in [0.5, 0.6) is 5.75 Å². The Morgan fingerprint density at radius 3 is 2.45 bits per heavy atom. The van der Waals surface area contributed by atoms with Gasteiger partial charge in [0, 0.05) is 24.8 Å². The second-order valence-electron chi connectivity index (χ2n) is 7.00. The molecule has 4 rings (SSSR count). The smallest absolute Gasteiger partial charge is 0.343 e. The number of amides is 1. The van der Waals surface area contributed by atoms with Crippen LogP contribution in [0.25, 0.3) is 0 Å². The van der Waals surface area contributed by atoms with Gasteiger partial charge in [-0.05, 0) is 60.7 Å². The molecule has 1 aromatic heterocycles. The molecule has 1 saturated heterocycles. The van der Waals surface area contributed by atoms with Crippen LogP contribution in [0.4, 0.5) is 17.1 Å². The molecule has 1 amide bonds. The van der Waals surface area contributed by atoms with Crippen LogP contribution in [-0.2, 0) is 0 Å². The number of rotatable bonds is 6. The van der Waals surface area contributed by atoms with E-state index in [4.69, 9.17) is 4.74 Å². The molecule has 2 aromatic carbocycles. The summed E-state index contributed by atoms with van der Waals surface area (Å²) in [7, 11) is 0. The largest absolute Gasteiger partial charge is 0.423 e. The van der Waals surface area contributed by atoms with E-state index in [0.717, 1.165) is 25.9 Å². The molecule has 1 N–H and O–H groups in total. The van der Waals surface area contributed by atoms with E-state index in [1.807, 2.05) is 10.3 Å². The first-order valence-electron chi connectivity index (χ1n) is 9.72. The maximum Gasteiger partial charge on any atom is 0.343 e. The van der Waals surface area contributed by atoms with Crippen LogP contribution < -0.4 is 15.0 Å². The van der Waals surface area contributed by atoms with Crippen molar-refractivity contribution in [1.29, 1.82) is 0 Å². The molecule has 158 valence electrons. The number of anilines is 2. The second kappa shape index (κ2) is 8.97. The van der Waals surface area contributed by atoms with Crippen LogP contribution in [0.3, 0.4) is 0 Å². The van der Waals surface area contributed by atoms with Crippen molar-refractivity contribution in [2.24, 2.45) is 0 Å². The molecule has 0 unspecified atom stereocenters. The Bertz CT molecular complexity index is 1110. The van der Waals surface area contributed by atoms with Crippen molar-refractivity contribution in [1.82, 2.24) is 0 Å². The summed E-state index contributed by atoms with van der Waals surface area (Å²) >= 11 is 1.34. The van der Waals surface area contributed by atoms with Gasteiger partial charge in [0.1, 0.15) is 11.4 Å². The van der Waals surface area contributed by atoms with Gasteiger partial charge in [0.25, 0.3) is 11.6 Å². The highest BCUT2D eigenvalue weighted by molar-refractivity contribution is 7.12. The number of carbonyl (C=O) groups excluding carboxylic acids is 2. The van der Waals surface area contributed by atoms with Crippen molar-refractivity contribution in [3.8, 4) is 5.75 Å². The van der Waals surface area contributed by atoms with Crippen molar-refractivity contribution >= 4 is 40.3 Å². The lowest BCUT2D eigenvalue weighted by Gasteiger charge is -2.17. The number of thiophene rings is 1. The van der Waals surface area contributed by atoms with Gasteiger partial charge in [0.15, 0.2) is 0 Å². The second-order valence-corrected chi connectivity index (χ2v) is 7.95. The van der Waals surface area contributed by atoms with Crippen LogP contribution >= 0.6 is 11.3 Å². The van der Waals surface area contributed by atoms with Crippen molar-refractivity contribution in [2.45, 2.75) is 12.8 Å². The zero-order chi connectivity index (χ0) is 21.8. The molecule has 1 fully saturated rings. The molecule has 0 atom stereocenters. The Kier molecular flexibility index (Phi) is 5.94. The number of ether oxygens (including phenoxy) is 1. The number of nitro benzene ring substituents is 1. The lowest BCUT2D eigenvalue weighted by Crippen LogP contribution is -2.19. The predicted molar refractivity (Wildman–Crippen MR) is 118 cm³/mol. The molecule has 2 heterocycles. The lowest BCUT2D eigenvalue weighted by atomic mass is 10.1. The summed E-state index contributed by atoms with van der Waals surface area (Å²) in [6.07, 6.45) is 1.98. The quantitative estimate of drug-likeness (QED) is 0.259. The first kappa shape index (κ1) is 20.5. The zero-order valence-electron chi connectivity index (χ0n) is 16.4. The van der Waals surface area contributed by atoms with Crippen molar-refractivity contribution in [3.63, 3.8) is 0 Å². The minimum atomic E-state index is -0.688. The fourth-order valence-electron chi connectivity index (χ4n) is 3.39. The predicted octanol–water partition coefficient (Wildman–Crippen LogP) is 4.73. The number of nitro groups is 1. The third kappa shape index (κ3) is 4.72. The molecule has 9 heteroatoms. The van der Waals surface area contributed by atoms with Crippen LogP contribution in [0.2, 0.25) is 0 Å². The fourth-order valence-corrected chi connectivity index (χ4v) is 4.01. The normalized spacial score (nSPS) is 13.1. The summed E-state index contributed by atoms with van der Waals surface area (Å²) in [4.78, 5) is 38.2. The highest BCUT2D eigenvalue weighted by Gasteiger charge is 2.24. The summed E-state index contributed by atoms with van der Waals surface area (Å²) in [6.45, 7) is 1.53. The number of hydrogen-bond acceptors (Lipinski definition) is 7. The summed E-state index contributed by atoms with van der Waals surface area (Å²) < 4.78 is 5.35. The molecular weight excluding hydrogens is 418 g/mol. The first-order chi connectivity index (χ1) is 15.0. The van der Waals surface area contributed by atoms with E-state index in [1.165, 1.54) is 17.4 Å². The Morgan fingerprint density at radius 1 is 1.06 bits per heavy atom. The average molecular weight is 437 g/mol. The summed E-state index contributed by atoms with van der Waals surface area (Å²) in [5.74, 6) is -0.637. The van der Waals surface area contributed by atoms with E-state index in [-0.39, 0.29) is 22.9 Å². The van der Waals surface area contributed by atoms with Gasteiger partial charge in [-0.1, -0.05) is 6.07 Å². The van der Waals surface area contributed by atoms with Crippen LogP contribution in [0.15, 0.2) is 60.0 Å². The minimum Gasteiger partial charge on any atom is -0.423 e. The average Bonchev–Trinajstić information content (AvgIpc) is 3.49. The number of esters is 1. The van der Waals surface area contributed by atoms with Crippen LogP contribution in [-0.4, -0.2) is 29.9 Å². The zero-order valence-corrected chi connectivity index (χ0v) is 17.3. The maximum atomic E-state index is 12.5. The van der Waals surface area contributed by atoms with Gasteiger partial charge in [-0.25, -0.2) is 4.79 Å². The van der Waals surface area contributed by atoms with Crippen LogP contribution in [0, 0.1) is 10.1 Å². The van der Waals surface area contributed by atoms with Gasteiger partial charge in [0.05, 0.1) is 15.4 Å². The minimum absolute atomic E-state index is 0.102. The highest BCUT2D eigenvalue weighted by Crippen LogP contribution is 2.32. The van der Waals surface area contributed by atoms with Gasteiger partial charge < -0.3 is 15.0 Å². The molecule has 8 nitrogen and oxygen atoms in total. The van der Waals surface area contributed by atoms with Gasteiger partial charge in [-0.3, -0.25) is 14.9 Å². The van der Waals surface area contributed by atoms with Crippen LogP contribution in [0.1, 0.15) is 32.9 Å². The molecule has 1 aliphatic rings. The monoisotopic (exact) mass is 437 g/mol. The van der Waals surface area contributed by atoms with Gasteiger partial charge in [-0.2, -0.15) is 0 Å². The van der Waals surface area contributed by atoms with E-state index in [2.05, 4.69) is 5.32 Å². The maximum absolute atomic E-state index is 12.5. The van der Waals surface area contributed by atoms with Crippen molar-refractivity contribution in [3.05, 3.63) is 80.5 Å². The molecule has 0 radical (unpaired) electrons. The molecule has 0 bridgehead atoms. The van der Waals surface area contributed by atoms with Gasteiger partial charge in [-0.15, -0.1) is 11.3 Å². The van der Waals surface area contributed by atoms with Crippen molar-refractivity contribution in [2.75, 3.05) is 23.3 Å². The number of nitrogens with one attached hydrogen (secondary N) is 1. The highest BCUT2D eigenvalue weighted by atomic mass is 32.1. The molecule has 1 aliphatic heterocycles. The Labute approximate surface area is 182 Å². The molecule has 0 aliphatic carbocycles. The third-order valence-electron chi connectivity index (χ3n) is 4.92. The van der Waals surface area contributed by atoms with Gasteiger partial charge >= 0.3 is 5.97 Å². The Balaban J connectivity index is 1.44. The number of carbonyl (C=O) groups is 2. The summed E-state index contributed by atoms with van der Waals surface area (Å²) in [5, 5.41) is 16.1. The standard InChI is InChI=1S/C22H19N3O5S/c26-21(20-4-3-13-31-20)23-16-6-8-17(9-7-16)30-22(27)15-5-10-18(19(14-15)25(28)29)24-11-1-2-12-24/h3-10,13-14H,1-2,11-12H2,(H,23,26). The number of benzene rings is 2.